The highest BCUT2D eigenvalue weighted by Gasteiger charge is 2.48. The number of non-ortho nitro benzene ring substituents is 1. The molecule has 254 valence electrons. The van der Waals surface area contributed by atoms with Gasteiger partial charge in [0.05, 0.1) is 29.1 Å². The summed E-state index contributed by atoms with van der Waals surface area (Å²) in [6.45, 7) is 4.03. The number of rotatable bonds is 14. The molecule has 2 aromatic carbocycles. The number of carbonyl (C=O) groups is 2. The normalized spacial score (nSPS) is 19.3. The number of hydrogen-bond donors (Lipinski definition) is 3. The molecule has 0 saturated carbocycles. The second-order valence-corrected chi connectivity index (χ2v) is 11.2. The van der Waals surface area contributed by atoms with Crippen LogP contribution in [0.4, 0.5) is 18.9 Å². The Bertz CT molecular complexity index is 1500. The summed E-state index contributed by atoms with van der Waals surface area (Å²) in [5.41, 5.74) is -3.33. The van der Waals surface area contributed by atoms with Crippen molar-refractivity contribution in [3.8, 4) is 5.75 Å². The largest absolute Gasteiger partial charge is 0.491 e. The number of nitrogens with one attached hydrogen (secondary N) is 2. The molecule has 3 atom stereocenters. The number of methoxy groups -OCH3 is 1. The van der Waals surface area contributed by atoms with E-state index in [2.05, 4.69) is 20.3 Å². The molecule has 0 amide bonds. The molecule has 3 unspecified atom stereocenters. The van der Waals surface area contributed by atoms with Gasteiger partial charge in [0.15, 0.2) is 0 Å². The second-order valence-electron chi connectivity index (χ2n) is 11.2. The zero-order valence-corrected chi connectivity index (χ0v) is 25.9. The van der Waals surface area contributed by atoms with E-state index < -0.39 is 58.1 Å². The van der Waals surface area contributed by atoms with Gasteiger partial charge in [-0.05, 0) is 50.6 Å². The Morgan fingerprint density at radius 2 is 1.89 bits per heavy atom. The van der Waals surface area contributed by atoms with Gasteiger partial charge in [0, 0.05) is 37.5 Å². The minimum atomic E-state index is -5.03. The Kier molecular flexibility index (Phi) is 12.0. The summed E-state index contributed by atoms with van der Waals surface area (Å²) in [5, 5.41) is 26.9. The van der Waals surface area contributed by atoms with Crippen LogP contribution in [0.15, 0.2) is 77.1 Å². The number of halogens is 3. The van der Waals surface area contributed by atoms with E-state index in [0.717, 1.165) is 25.7 Å². The van der Waals surface area contributed by atoms with Crippen LogP contribution in [-0.4, -0.2) is 91.7 Å². The number of esters is 2. The van der Waals surface area contributed by atoms with Gasteiger partial charge in [-0.2, -0.15) is 13.2 Å². The summed E-state index contributed by atoms with van der Waals surface area (Å²) in [5.74, 6) is -3.27. The SMILES string of the molecule is COC(=O)C1=C(C(F)(F)F)NC(C)=C(C(=O)OC2CCN(CCCNCC(O)COc3ccccc3)C2)C1c1cccc([N+](=O)[O-])c1. The number of nitrogens with zero attached hydrogens (tertiary/aromatic N) is 2. The Morgan fingerprint density at radius 3 is 2.57 bits per heavy atom. The minimum absolute atomic E-state index is 0.0774. The molecule has 0 spiro atoms. The van der Waals surface area contributed by atoms with Crippen molar-refractivity contribution < 1.29 is 47.0 Å². The monoisotopic (exact) mass is 662 g/mol. The number of carbonyl (C=O) groups excluding carboxylic acids is 2. The van der Waals surface area contributed by atoms with E-state index in [9.17, 15) is 38.0 Å². The number of alkyl halides is 3. The van der Waals surface area contributed by atoms with Crippen LogP contribution < -0.4 is 15.4 Å². The lowest BCUT2D eigenvalue weighted by Crippen LogP contribution is -2.39. The van der Waals surface area contributed by atoms with E-state index >= 15 is 0 Å². The number of ether oxygens (including phenoxy) is 3. The number of aliphatic hydroxyl groups excluding tert-OH is 1. The van der Waals surface area contributed by atoms with Crippen molar-refractivity contribution in [2.75, 3.05) is 46.4 Å². The van der Waals surface area contributed by atoms with Gasteiger partial charge >= 0.3 is 18.1 Å². The van der Waals surface area contributed by atoms with Gasteiger partial charge < -0.3 is 30.0 Å². The van der Waals surface area contributed by atoms with Gasteiger partial charge in [-0.15, -0.1) is 0 Å². The Hall–Kier alpha value is -4.47. The zero-order valence-electron chi connectivity index (χ0n) is 25.9. The van der Waals surface area contributed by atoms with Gasteiger partial charge in [-0.25, -0.2) is 9.59 Å². The van der Waals surface area contributed by atoms with Gasteiger partial charge in [0.2, 0.25) is 0 Å². The summed E-state index contributed by atoms with van der Waals surface area (Å²) in [7, 11) is 0.905. The topological polar surface area (TPSA) is 152 Å². The lowest BCUT2D eigenvalue weighted by molar-refractivity contribution is -0.384. The first kappa shape index (κ1) is 35.4. The Labute approximate surface area is 269 Å². The molecule has 15 heteroatoms. The lowest BCUT2D eigenvalue weighted by atomic mass is 9.80. The van der Waals surface area contributed by atoms with E-state index in [1.165, 1.54) is 19.1 Å². The van der Waals surface area contributed by atoms with Crippen molar-refractivity contribution in [3.05, 3.63) is 92.8 Å². The third-order valence-electron chi connectivity index (χ3n) is 7.78. The van der Waals surface area contributed by atoms with Gasteiger partial charge in [0.1, 0.15) is 30.3 Å². The Morgan fingerprint density at radius 1 is 1.15 bits per heavy atom. The van der Waals surface area contributed by atoms with E-state index in [4.69, 9.17) is 9.47 Å². The number of nitro groups is 1. The molecule has 0 aromatic heterocycles. The first-order valence-electron chi connectivity index (χ1n) is 15.0. The standard InChI is InChI=1S/C32H37F3N4O8/c1-20-26(27(21-8-6-9-22(16-21)39(43)44)28(30(41)45-2)29(37-20)32(33,34)35)31(42)47-25-12-15-38(18-25)14-7-13-36-17-23(40)19-46-24-10-4-3-5-11-24/h3-6,8-11,16,23,25,27,36-37,40H,7,12-15,17-19H2,1-2H3. The van der Waals surface area contributed by atoms with Crippen LogP contribution in [0.5, 0.6) is 5.75 Å². The van der Waals surface area contributed by atoms with E-state index in [0.29, 0.717) is 44.9 Å². The summed E-state index contributed by atoms with van der Waals surface area (Å²) < 4.78 is 58.4. The molecule has 12 nitrogen and oxygen atoms in total. The lowest BCUT2D eigenvalue weighted by Gasteiger charge is -2.32. The predicted molar refractivity (Wildman–Crippen MR) is 163 cm³/mol. The van der Waals surface area contributed by atoms with Crippen LogP contribution in [0.3, 0.4) is 0 Å². The summed E-state index contributed by atoms with van der Waals surface area (Å²) in [6.07, 6.45) is -5.08. The fourth-order valence-corrected chi connectivity index (χ4v) is 5.58. The minimum Gasteiger partial charge on any atom is -0.491 e. The van der Waals surface area contributed by atoms with Crippen LogP contribution in [0.25, 0.3) is 0 Å². The fraction of sp³-hybridized carbons (Fsp3) is 0.438. The molecule has 0 bridgehead atoms. The average Bonchev–Trinajstić information content (AvgIpc) is 3.49. The maximum Gasteiger partial charge on any atom is 0.431 e. The third-order valence-corrected chi connectivity index (χ3v) is 7.78. The van der Waals surface area contributed by atoms with E-state index in [1.807, 2.05) is 18.2 Å². The van der Waals surface area contributed by atoms with Crippen molar-refractivity contribution in [3.63, 3.8) is 0 Å². The molecule has 0 aliphatic carbocycles. The molecular formula is C32H37F3N4O8. The van der Waals surface area contributed by atoms with E-state index in [1.54, 1.807) is 12.1 Å². The number of aliphatic hydroxyl groups is 1. The van der Waals surface area contributed by atoms with Gasteiger partial charge in [0.25, 0.3) is 5.69 Å². The van der Waals surface area contributed by atoms with E-state index in [-0.39, 0.29) is 23.4 Å². The molecule has 2 aliphatic rings. The summed E-state index contributed by atoms with van der Waals surface area (Å²) in [6, 6.07) is 13.9. The highest BCUT2D eigenvalue weighted by Crippen LogP contribution is 2.44. The molecule has 1 fully saturated rings. The van der Waals surface area contributed by atoms with Crippen molar-refractivity contribution in [2.24, 2.45) is 0 Å². The molecule has 0 radical (unpaired) electrons. The van der Waals surface area contributed by atoms with Gasteiger partial charge in [-0.3, -0.25) is 15.0 Å². The molecule has 47 heavy (non-hydrogen) atoms. The quantitative estimate of drug-likeness (QED) is 0.118. The van der Waals surface area contributed by atoms with Crippen molar-refractivity contribution in [1.29, 1.82) is 0 Å². The third kappa shape index (κ3) is 9.30. The fourth-order valence-electron chi connectivity index (χ4n) is 5.58. The van der Waals surface area contributed by atoms with Crippen LogP contribution in [0.2, 0.25) is 0 Å². The summed E-state index contributed by atoms with van der Waals surface area (Å²) in [4.78, 5) is 39.2. The zero-order chi connectivity index (χ0) is 34.1. The smallest absolute Gasteiger partial charge is 0.431 e. The molecule has 4 rings (SSSR count). The number of dihydropyridines is 1. The van der Waals surface area contributed by atoms with Crippen molar-refractivity contribution in [2.45, 2.75) is 44.1 Å². The molecule has 2 aliphatic heterocycles. The maximum absolute atomic E-state index is 14.1. The van der Waals surface area contributed by atoms with Crippen LogP contribution >= 0.6 is 0 Å². The first-order valence-corrected chi connectivity index (χ1v) is 15.0. The number of benzene rings is 2. The first-order chi connectivity index (χ1) is 22.4. The Balaban J connectivity index is 1.38. The van der Waals surface area contributed by atoms with Crippen LogP contribution in [-0.2, 0) is 19.1 Å². The molecular weight excluding hydrogens is 625 g/mol. The van der Waals surface area contributed by atoms with Crippen LogP contribution in [0, 0.1) is 10.1 Å². The second kappa shape index (κ2) is 15.9. The molecule has 3 N–H and O–H groups in total. The number of hydrogen-bond acceptors (Lipinski definition) is 11. The summed E-state index contributed by atoms with van der Waals surface area (Å²) >= 11 is 0. The maximum atomic E-state index is 14.1. The highest BCUT2D eigenvalue weighted by molar-refractivity contribution is 6.00. The highest BCUT2D eigenvalue weighted by atomic mass is 19.4. The molecule has 2 aromatic rings. The number of para-hydroxylation sites is 1. The average molecular weight is 663 g/mol. The molecule has 1 saturated heterocycles. The van der Waals surface area contributed by atoms with Gasteiger partial charge in [-0.1, -0.05) is 30.3 Å². The number of likely N-dealkylation sites (tertiary alicyclic amines) is 1. The molecule has 2 heterocycles. The predicted octanol–water partition coefficient (Wildman–Crippen LogP) is 3.58. The van der Waals surface area contributed by atoms with Crippen LogP contribution in [0.1, 0.15) is 31.2 Å². The van der Waals surface area contributed by atoms with Crippen molar-refractivity contribution in [1.82, 2.24) is 15.5 Å². The van der Waals surface area contributed by atoms with Crippen molar-refractivity contribution >= 4 is 17.6 Å². The number of allylic oxidation sites excluding steroid dienone is 2. The number of nitro benzene ring substituents is 1.